The molecule has 0 radical (unpaired) electrons. The Morgan fingerprint density at radius 3 is 2.50 bits per heavy atom. The average Bonchev–Trinajstić information content (AvgIpc) is 2.76. The molecule has 2 rings (SSSR count). The van der Waals surface area contributed by atoms with Crippen LogP contribution in [0, 0.1) is 6.92 Å². The van der Waals surface area contributed by atoms with Crippen molar-refractivity contribution in [3.63, 3.8) is 0 Å². The molecule has 3 nitrogen and oxygen atoms in total. The second-order valence-electron chi connectivity index (χ2n) is 4.13. The van der Waals surface area contributed by atoms with Gasteiger partial charge in [0.2, 0.25) is 0 Å². The van der Waals surface area contributed by atoms with E-state index in [0.717, 1.165) is 18.7 Å². The van der Waals surface area contributed by atoms with Crippen LogP contribution in [0.25, 0.3) is 0 Å². The lowest BCUT2D eigenvalue weighted by Gasteiger charge is -2.05. The van der Waals surface area contributed by atoms with E-state index < -0.39 is 5.97 Å². The number of nitrogens with one attached hydrogen (secondary N) is 1. The van der Waals surface area contributed by atoms with E-state index in [1.807, 2.05) is 12.1 Å². The Balaban J connectivity index is 1.87. The number of hydrogen-bond acceptors (Lipinski definition) is 3. The van der Waals surface area contributed by atoms with Gasteiger partial charge in [-0.05, 0) is 41.6 Å². The number of hydrogen-bond donors (Lipinski definition) is 2. The van der Waals surface area contributed by atoms with Crippen LogP contribution < -0.4 is 5.32 Å². The van der Waals surface area contributed by atoms with E-state index in [9.17, 15) is 4.79 Å². The van der Waals surface area contributed by atoms with Crippen LogP contribution in [0.4, 0.5) is 0 Å². The van der Waals surface area contributed by atoms with E-state index in [4.69, 9.17) is 5.11 Å². The first-order valence-electron chi connectivity index (χ1n) is 5.73. The molecule has 0 amide bonds. The largest absolute Gasteiger partial charge is 0.478 e. The van der Waals surface area contributed by atoms with E-state index in [1.54, 1.807) is 23.5 Å². The van der Waals surface area contributed by atoms with Gasteiger partial charge in [0, 0.05) is 18.0 Å². The number of thiophene rings is 1. The van der Waals surface area contributed by atoms with E-state index in [2.05, 4.69) is 23.7 Å². The maximum absolute atomic E-state index is 10.7. The minimum Gasteiger partial charge on any atom is -0.478 e. The highest BCUT2D eigenvalue weighted by atomic mass is 32.1. The summed E-state index contributed by atoms with van der Waals surface area (Å²) < 4.78 is 0. The maximum atomic E-state index is 10.7. The lowest BCUT2D eigenvalue weighted by molar-refractivity contribution is 0.0697. The summed E-state index contributed by atoms with van der Waals surface area (Å²) in [5.74, 6) is -0.885. The molecule has 18 heavy (non-hydrogen) atoms. The van der Waals surface area contributed by atoms with E-state index >= 15 is 0 Å². The molecule has 2 aromatic rings. The highest BCUT2D eigenvalue weighted by molar-refractivity contribution is 7.10. The van der Waals surface area contributed by atoms with Gasteiger partial charge in [0.15, 0.2) is 0 Å². The average molecular weight is 261 g/mol. The fourth-order valence-electron chi connectivity index (χ4n) is 1.67. The molecule has 2 N–H and O–H groups in total. The lowest BCUT2D eigenvalue weighted by atomic mass is 10.1. The van der Waals surface area contributed by atoms with Crippen LogP contribution in [0.1, 0.15) is 26.4 Å². The van der Waals surface area contributed by atoms with Gasteiger partial charge < -0.3 is 10.4 Å². The number of benzene rings is 1. The fourth-order valence-corrected chi connectivity index (χ4v) is 2.55. The Morgan fingerprint density at radius 1 is 1.22 bits per heavy atom. The molecule has 0 unspecified atom stereocenters. The quantitative estimate of drug-likeness (QED) is 0.869. The summed E-state index contributed by atoms with van der Waals surface area (Å²) in [4.78, 5) is 12.0. The van der Waals surface area contributed by atoms with Crippen molar-refractivity contribution in [2.24, 2.45) is 0 Å². The number of carboxylic acids is 1. The zero-order valence-electron chi connectivity index (χ0n) is 10.1. The third-order valence-electron chi connectivity index (χ3n) is 2.78. The molecule has 4 heteroatoms. The van der Waals surface area contributed by atoms with Crippen LogP contribution in [-0.4, -0.2) is 11.1 Å². The molecular weight excluding hydrogens is 246 g/mol. The predicted octanol–water partition coefficient (Wildman–Crippen LogP) is 3.04. The van der Waals surface area contributed by atoms with Crippen molar-refractivity contribution in [1.82, 2.24) is 5.32 Å². The minimum atomic E-state index is -0.885. The number of aromatic carboxylic acids is 1. The van der Waals surface area contributed by atoms with Crippen molar-refractivity contribution in [3.8, 4) is 0 Å². The van der Waals surface area contributed by atoms with Crippen molar-refractivity contribution < 1.29 is 9.90 Å². The number of carboxylic acid groups (broad SMARTS) is 1. The van der Waals surface area contributed by atoms with Crippen molar-refractivity contribution in [1.29, 1.82) is 0 Å². The summed E-state index contributed by atoms with van der Waals surface area (Å²) in [5, 5.41) is 14.2. The topological polar surface area (TPSA) is 49.3 Å². The first-order valence-corrected chi connectivity index (χ1v) is 6.60. The second kappa shape index (κ2) is 5.80. The molecular formula is C14H15NO2S. The molecule has 0 saturated heterocycles. The van der Waals surface area contributed by atoms with Crippen molar-refractivity contribution >= 4 is 17.3 Å². The van der Waals surface area contributed by atoms with Gasteiger partial charge in [-0.2, -0.15) is 0 Å². The van der Waals surface area contributed by atoms with Gasteiger partial charge in [-0.15, -0.1) is 11.3 Å². The number of rotatable bonds is 5. The Labute approximate surface area is 110 Å². The predicted molar refractivity (Wildman–Crippen MR) is 73.0 cm³/mol. The SMILES string of the molecule is Cc1ccsc1CNCc1ccc(C(=O)O)cc1. The van der Waals surface area contributed by atoms with Gasteiger partial charge in [0.25, 0.3) is 0 Å². The monoisotopic (exact) mass is 261 g/mol. The van der Waals surface area contributed by atoms with Gasteiger partial charge in [0.1, 0.15) is 0 Å². The maximum Gasteiger partial charge on any atom is 0.335 e. The summed E-state index contributed by atoms with van der Waals surface area (Å²) in [6.45, 7) is 3.70. The fraction of sp³-hybridized carbons (Fsp3) is 0.214. The van der Waals surface area contributed by atoms with Crippen molar-refractivity contribution in [2.75, 3.05) is 0 Å². The molecule has 0 spiro atoms. The number of carbonyl (C=O) groups is 1. The lowest BCUT2D eigenvalue weighted by Crippen LogP contribution is -2.12. The zero-order valence-corrected chi connectivity index (χ0v) is 11.0. The molecule has 1 aromatic heterocycles. The number of aryl methyl sites for hydroxylation is 1. The smallest absolute Gasteiger partial charge is 0.335 e. The second-order valence-corrected chi connectivity index (χ2v) is 5.13. The summed E-state index contributed by atoms with van der Waals surface area (Å²) in [7, 11) is 0. The third-order valence-corrected chi connectivity index (χ3v) is 3.81. The van der Waals surface area contributed by atoms with Gasteiger partial charge in [-0.25, -0.2) is 4.79 Å². The van der Waals surface area contributed by atoms with Crippen molar-refractivity contribution in [2.45, 2.75) is 20.0 Å². The Morgan fingerprint density at radius 2 is 1.94 bits per heavy atom. The first kappa shape index (κ1) is 12.8. The molecule has 0 aliphatic rings. The van der Waals surface area contributed by atoms with Gasteiger partial charge in [-0.3, -0.25) is 0 Å². The summed E-state index contributed by atoms with van der Waals surface area (Å²) >= 11 is 1.75. The van der Waals surface area contributed by atoms with Crippen LogP contribution in [-0.2, 0) is 13.1 Å². The first-order chi connectivity index (χ1) is 8.66. The van der Waals surface area contributed by atoms with Crippen molar-refractivity contribution in [3.05, 3.63) is 57.3 Å². The van der Waals surface area contributed by atoms with Crippen LogP contribution in [0.2, 0.25) is 0 Å². The van der Waals surface area contributed by atoms with Crippen LogP contribution in [0.5, 0.6) is 0 Å². The van der Waals surface area contributed by atoms with Gasteiger partial charge in [-0.1, -0.05) is 12.1 Å². The normalized spacial score (nSPS) is 10.5. The zero-order chi connectivity index (χ0) is 13.0. The Bertz CT molecular complexity index is 531. The third kappa shape index (κ3) is 3.18. The molecule has 0 aliphatic carbocycles. The standard InChI is InChI=1S/C14H15NO2S/c1-10-6-7-18-13(10)9-15-8-11-2-4-12(5-3-11)14(16)17/h2-7,15H,8-9H2,1H3,(H,16,17). The van der Waals surface area contributed by atoms with E-state index in [-0.39, 0.29) is 0 Å². The molecule has 0 fully saturated rings. The van der Waals surface area contributed by atoms with Crippen LogP contribution in [0.3, 0.4) is 0 Å². The molecule has 0 atom stereocenters. The van der Waals surface area contributed by atoms with E-state index in [0.29, 0.717) is 5.56 Å². The van der Waals surface area contributed by atoms with Gasteiger partial charge in [0.05, 0.1) is 5.56 Å². The molecule has 1 heterocycles. The van der Waals surface area contributed by atoms with Crippen LogP contribution >= 0.6 is 11.3 Å². The molecule has 0 aliphatic heterocycles. The Kier molecular flexibility index (Phi) is 4.12. The summed E-state index contributed by atoms with van der Waals surface area (Å²) in [5.41, 5.74) is 2.73. The Hall–Kier alpha value is -1.65. The summed E-state index contributed by atoms with van der Waals surface area (Å²) in [6, 6.07) is 9.07. The van der Waals surface area contributed by atoms with Crippen LogP contribution in [0.15, 0.2) is 35.7 Å². The highest BCUT2D eigenvalue weighted by Gasteiger charge is 2.02. The van der Waals surface area contributed by atoms with E-state index in [1.165, 1.54) is 10.4 Å². The highest BCUT2D eigenvalue weighted by Crippen LogP contribution is 2.15. The van der Waals surface area contributed by atoms with Gasteiger partial charge >= 0.3 is 5.97 Å². The summed E-state index contributed by atoms with van der Waals surface area (Å²) in [6.07, 6.45) is 0. The minimum absolute atomic E-state index is 0.327. The molecule has 94 valence electrons. The molecule has 1 aromatic carbocycles. The molecule has 0 bridgehead atoms. The molecule has 0 saturated carbocycles.